The van der Waals surface area contributed by atoms with E-state index in [9.17, 15) is 9.59 Å². The molecule has 4 rings (SSSR count). The van der Waals surface area contributed by atoms with E-state index in [1.807, 2.05) is 24.3 Å². The molecule has 0 spiro atoms. The van der Waals surface area contributed by atoms with Gasteiger partial charge >= 0.3 is 0 Å². The lowest BCUT2D eigenvalue weighted by Crippen LogP contribution is -2.49. The molecule has 2 fully saturated rings. The van der Waals surface area contributed by atoms with Crippen molar-refractivity contribution in [3.63, 3.8) is 0 Å². The number of benzene rings is 1. The number of carbonyl (C=O) groups excluding carboxylic acids is 2. The Labute approximate surface area is 156 Å². The number of nitrogens with zero attached hydrogens (tertiary/aromatic N) is 4. The monoisotopic (exact) mass is 371 g/mol. The highest BCUT2D eigenvalue weighted by atomic mass is 32.2. The smallest absolute Gasteiger partial charge is 0.243 e. The van der Waals surface area contributed by atoms with Crippen LogP contribution in [-0.4, -0.2) is 48.1 Å². The van der Waals surface area contributed by atoms with Gasteiger partial charge in [0.25, 0.3) is 0 Å². The standard InChI is InChI=1S/C18H21N5O2S/c1-18-7-6-16(24)23(18)15(10-26-18)17(25)20-8-13-2-4-14(5-3-13)9-22-12-19-11-21-22/h2-5,11-12,15H,6-10H2,1H3,(H,20,25). The molecule has 2 saturated heterocycles. The molecule has 0 saturated carbocycles. The van der Waals surface area contributed by atoms with Crippen LogP contribution in [0.5, 0.6) is 0 Å². The Morgan fingerprint density at radius 3 is 2.85 bits per heavy atom. The second-order valence-corrected chi connectivity index (χ2v) is 8.39. The summed E-state index contributed by atoms with van der Waals surface area (Å²) < 4.78 is 1.76. The lowest BCUT2D eigenvalue weighted by atomic mass is 10.1. The van der Waals surface area contributed by atoms with Crippen LogP contribution in [0.4, 0.5) is 0 Å². The molecular formula is C18H21N5O2S. The summed E-state index contributed by atoms with van der Waals surface area (Å²) in [5, 5.41) is 7.07. The van der Waals surface area contributed by atoms with Crippen LogP contribution in [0.15, 0.2) is 36.9 Å². The van der Waals surface area contributed by atoms with Gasteiger partial charge in [-0.2, -0.15) is 5.10 Å². The Balaban J connectivity index is 1.34. The lowest BCUT2D eigenvalue weighted by Gasteiger charge is -2.29. The van der Waals surface area contributed by atoms with Crippen molar-refractivity contribution in [1.29, 1.82) is 0 Å². The SMILES string of the molecule is CC12CCC(=O)N1C(C(=O)NCc1ccc(Cn3cncn3)cc1)CS2. The topological polar surface area (TPSA) is 80.1 Å². The molecule has 7 nitrogen and oxygen atoms in total. The van der Waals surface area contributed by atoms with E-state index >= 15 is 0 Å². The van der Waals surface area contributed by atoms with Crippen molar-refractivity contribution in [2.75, 3.05) is 5.75 Å². The largest absolute Gasteiger partial charge is 0.350 e. The van der Waals surface area contributed by atoms with Gasteiger partial charge in [-0.1, -0.05) is 24.3 Å². The molecule has 26 heavy (non-hydrogen) atoms. The van der Waals surface area contributed by atoms with E-state index in [4.69, 9.17) is 0 Å². The molecular weight excluding hydrogens is 350 g/mol. The molecule has 2 aliphatic heterocycles. The normalized spacial score (nSPS) is 24.7. The average molecular weight is 371 g/mol. The van der Waals surface area contributed by atoms with Crippen molar-refractivity contribution in [2.24, 2.45) is 0 Å². The highest BCUT2D eigenvalue weighted by Crippen LogP contribution is 2.47. The second kappa shape index (κ2) is 6.75. The van der Waals surface area contributed by atoms with Crippen molar-refractivity contribution in [3.05, 3.63) is 48.0 Å². The van der Waals surface area contributed by atoms with E-state index in [2.05, 4.69) is 22.3 Å². The van der Waals surface area contributed by atoms with E-state index in [1.54, 1.807) is 27.7 Å². The number of hydrogen-bond acceptors (Lipinski definition) is 5. The molecule has 2 amide bonds. The van der Waals surface area contributed by atoms with E-state index in [0.717, 1.165) is 17.5 Å². The molecule has 0 aliphatic carbocycles. The van der Waals surface area contributed by atoms with Gasteiger partial charge in [-0.05, 0) is 24.5 Å². The number of nitrogens with one attached hydrogen (secondary N) is 1. The zero-order valence-electron chi connectivity index (χ0n) is 14.6. The average Bonchev–Trinajstić information content (AvgIpc) is 3.33. The zero-order chi connectivity index (χ0) is 18.1. The number of rotatable bonds is 5. The third kappa shape index (κ3) is 3.21. The van der Waals surface area contributed by atoms with E-state index in [1.165, 1.54) is 6.33 Å². The van der Waals surface area contributed by atoms with Gasteiger partial charge < -0.3 is 10.2 Å². The highest BCUT2D eigenvalue weighted by molar-refractivity contribution is 8.01. The molecule has 0 radical (unpaired) electrons. The second-order valence-electron chi connectivity index (χ2n) is 6.89. The quantitative estimate of drug-likeness (QED) is 0.859. The molecule has 0 bridgehead atoms. The summed E-state index contributed by atoms with van der Waals surface area (Å²) in [7, 11) is 0. The number of carbonyl (C=O) groups is 2. The van der Waals surface area contributed by atoms with Crippen molar-refractivity contribution in [2.45, 2.75) is 43.8 Å². The summed E-state index contributed by atoms with van der Waals surface area (Å²) in [5.41, 5.74) is 2.15. The number of aromatic nitrogens is 3. The first-order valence-corrected chi connectivity index (χ1v) is 9.68. The van der Waals surface area contributed by atoms with Crippen LogP contribution >= 0.6 is 11.8 Å². The molecule has 2 aromatic rings. The van der Waals surface area contributed by atoms with Gasteiger partial charge in [0.15, 0.2) is 0 Å². The first kappa shape index (κ1) is 17.1. The van der Waals surface area contributed by atoms with Crippen LogP contribution in [0.2, 0.25) is 0 Å². The number of amides is 2. The van der Waals surface area contributed by atoms with Gasteiger partial charge in [0.1, 0.15) is 18.7 Å². The number of fused-ring (bicyclic) bond motifs is 1. The Bertz CT molecular complexity index is 807. The fourth-order valence-corrected chi connectivity index (χ4v) is 5.02. The van der Waals surface area contributed by atoms with Crippen molar-refractivity contribution in [1.82, 2.24) is 25.0 Å². The molecule has 1 aromatic heterocycles. The van der Waals surface area contributed by atoms with Crippen molar-refractivity contribution >= 4 is 23.6 Å². The summed E-state index contributed by atoms with van der Waals surface area (Å²) in [4.78, 5) is 30.2. The van der Waals surface area contributed by atoms with Gasteiger partial charge in [0, 0.05) is 18.7 Å². The van der Waals surface area contributed by atoms with Crippen molar-refractivity contribution in [3.8, 4) is 0 Å². The van der Waals surface area contributed by atoms with Crippen LogP contribution < -0.4 is 5.32 Å². The van der Waals surface area contributed by atoms with E-state index in [0.29, 0.717) is 25.3 Å². The van der Waals surface area contributed by atoms with E-state index in [-0.39, 0.29) is 22.7 Å². The predicted octanol–water partition coefficient (Wildman–Crippen LogP) is 1.40. The Morgan fingerprint density at radius 2 is 2.12 bits per heavy atom. The molecule has 8 heteroatoms. The molecule has 1 aromatic carbocycles. The maximum atomic E-state index is 12.6. The third-order valence-corrected chi connectivity index (χ3v) is 6.55. The van der Waals surface area contributed by atoms with Gasteiger partial charge in [-0.3, -0.25) is 9.59 Å². The fourth-order valence-electron chi connectivity index (χ4n) is 3.59. The van der Waals surface area contributed by atoms with Crippen LogP contribution in [0.1, 0.15) is 30.9 Å². The lowest BCUT2D eigenvalue weighted by molar-refractivity contribution is -0.138. The van der Waals surface area contributed by atoms with Crippen LogP contribution in [0.3, 0.4) is 0 Å². The van der Waals surface area contributed by atoms with Crippen LogP contribution in [-0.2, 0) is 22.7 Å². The Morgan fingerprint density at radius 1 is 1.35 bits per heavy atom. The minimum Gasteiger partial charge on any atom is -0.350 e. The first-order chi connectivity index (χ1) is 12.5. The zero-order valence-corrected chi connectivity index (χ0v) is 15.4. The van der Waals surface area contributed by atoms with Crippen LogP contribution in [0, 0.1) is 0 Å². The summed E-state index contributed by atoms with van der Waals surface area (Å²) >= 11 is 1.71. The molecule has 1 N–H and O–H groups in total. The minimum atomic E-state index is -0.355. The maximum Gasteiger partial charge on any atom is 0.243 e. The predicted molar refractivity (Wildman–Crippen MR) is 98.1 cm³/mol. The number of thioether (sulfide) groups is 1. The summed E-state index contributed by atoms with van der Waals surface area (Å²) in [6.07, 6.45) is 4.57. The highest BCUT2D eigenvalue weighted by Gasteiger charge is 2.52. The summed E-state index contributed by atoms with van der Waals surface area (Å²) in [5.74, 6) is 0.698. The molecule has 136 valence electrons. The van der Waals surface area contributed by atoms with Gasteiger partial charge in [0.05, 0.1) is 11.4 Å². The molecule has 3 heterocycles. The summed E-state index contributed by atoms with van der Waals surface area (Å²) in [6, 6.07) is 7.69. The van der Waals surface area contributed by atoms with Gasteiger partial charge in [-0.15, -0.1) is 11.8 Å². The molecule has 2 atom stereocenters. The fraction of sp³-hybridized carbons (Fsp3) is 0.444. The van der Waals surface area contributed by atoms with Crippen molar-refractivity contribution < 1.29 is 9.59 Å². The first-order valence-electron chi connectivity index (χ1n) is 8.69. The molecule has 2 aliphatic rings. The van der Waals surface area contributed by atoms with Gasteiger partial charge in [0.2, 0.25) is 11.8 Å². The van der Waals surface area contributed by atoms with Crippen LogP contribution in [0.25, 0.3) is 0 Å². The summed E-state index contributed by atoms with van der Waals surface area (Å²) in [6.45, 7) is 3.19. The Kier molecular flexibility index (Phi) is 4.44. The third-order valence-electron chi connectivity index (χ3n) is 5.05. The number of hydrogen-bond donors (Lipinski definition) is 1. The van der Waals surface area contributed by atoms with E-state index < -0.39 is 0 Å². The Hall–Kier alpha value is -2.35. The molecule has 2 unspecified atom stereocenters. The minimum absolute atomic E-state index is 0.0665. The van der Waals surface area contributed by atoms with Gasteiger partial charge in [-0.25, -0.2) is 9.67 Å². The maximum absolute atomic E-state index is 12.6.